The first-order valence-corrected chi connectivity index (χ1v) is 10.0. The van der Waals surface area contributed by atoms with Gasteiger partial charge < -0.3 is 14.5 Å². The van der Waals surface area contributed by atoms with Gasteiger partial charge in [0, 0.05) is 58.1 Å². The molecule has 7 heteroatoms. The summed E-state index contributed by atoms with van der Waals surface area (Å²) < 4.78 is 19.8. The van der Waals surface area contributed by atoms with Crippen LogP contribution in [-0.2, 0) is 22.6 Å². The van der Waals surface area contributed by atoms with E-state index in [1.807, 2.05) is 11.0 Å². The lowest BCUT2D eigenvalue weighted by molar-refractivity contribution is -0.129. The molecule has 156 valence electrons. The number of aromatic nitrogens is 2. The molecule has 0 radical (unpaired) electrons. The Hall–Kier alpha value is -2.54. The molecular weight excluding hydrogens is 371 g/mol. The summed E-state index contributed by atoms with van der Waals surface area (Å²) >= 11 is 0. The Kier molecular flexibility index (Phi) is 6.79. The molecule has 0 N–H and O–H groups in total. The number of ether oxygens (including phenoxy) is 1. The zero-order chi connectivity index (χ0) is 21.0. The summed E-state index contributed by atoms with van der Waals surface area (Å²) in [5, 5.41) is 0. The van der Waals surface area contributed by atoms with Gasteiger partial charge in [-0.25, -0.2) is 14.4 Å². The molecule has 1 aliphatic heterocycles. The first kappa shape index (κ1) is 21.2. The first-order valence-electron chi connectivity index (χ1n) is 10.0. The van der Waals surface area contributed by atoms with Crippen molar-refractivity contribution < 1.29 is 13.9 Å². The molecule has 1 aliphatic rings. The summed E-state index contributed by atoms with van der Waals surface area (Å²) in [4.78, 5) is 25.3. The normalized spacial score (nSPS) is 14.6. The molecule has 1 fully saturated rings. The van der Waals surface area contributed by atoms with E-state index in [4.69, 9.17) is 14.7 Å². The maximum atomic E-state index is 14.4. The third-order valence-corrected chi connectivity index (χ3v) is 5.24. The molecule has 1 amide bonds. The summed E-state index contributed by atoms with van der Waals surface area (Å²) in [5.41, 5.74) is 2.28. The second kappa shape index (κ2) is 9.31. The van der Waals surface area contributed by atoms with E-state index in [1.165, 1.54) is 6.07 Å². The van der Waals surface area contributed by atoms with Gasteiger partial charge in [-0.2, -0.15) is 0 Å². The van der Waals surface area contributed by atoms with Gasteiger partial charge in [-0.1, -0.05) is 32.0 Å². The summed E-state index contributed by atoms with van der Waals surface area (Å²) in [6.45, 7) is 8.71. The number of halogens is 1. The van der Waals surface area contributed by atoms with Crippen molar-refractivity contribution in [1.29, 1.82) is 0 Å². The van der Waals surface area contributed by atoms with Gasteiger partial charge in [0.15, 0.2) is 0 Å². The van der Waals surface area contributed by atoms with E-state index in [2.05, 4.69) is 18.7 Å². The Morgan fingerprint density at radius 1 is 1.17 bits per heavy atom. The number of nitrogens with zero attached hydrogens (tertiary/aromatic N) is 4. The number of carbonyl (C=O) groups is 1. The second-order valence-corrected chi connectivity index (χ2v) is 7.68. The van der Waals surface area contributed by atoms with Crippen LogP contribution in [0.15, 0.2) is 24.3 Å². The van der Waals surface area contributed by atoms with Crippen LogP contribution in [0.2, 0.25) is 0 Å². The van der Waals surface area contributed by atoms with Crippen LogP contribution in [0.5, 0.6) is 0 Å². The highest BCUT2D eigenvalue weighted by Gasteiger charge is 2.25. The minimum atomic E-state index is -0.240. The van der Waals surface area contributed by atoms with Gasteiger partial charge in [0.25, 0.3) is 0 Å². The van der Waals surface area contributed by atoms with Gasteiger partial charge in [0.2, 0.25) is 5.91 Å². The molecule has 1 aromatic heterocycles. The summed E-state index contributed by atoms with van der Waals surface area (Å²) in [6, 6.07) is 6.79. The SMILES string of the molecule is COCc1nc(C(C)C)nc(N2CCN(C(C)=O)CC2)c1Cc1ccccc1F. The fraction of sp³-hybridized carbons (Fsp3) is 0.500. The molecule has 0 atom stereocenters. The monoisotopic (exact) mass is 400 g/mol. The smallest absolute Gasteiger partial charge is 0.219 e. The van der Waals surface area contributed by atoms with E-state index >= 15 is 0 Å². The van der Waals surface area contributed by atoms with Crippen molar-refractivity contribution in [3.63, 3.8) is 0 Å². The maximum Gasteiger partial charge on any atom is 0.219 e. The van der Waals surface area contributed by atoms with Crippen LogP contribution in [0.25, 0.3) is 0 Å². The zero-order valence-electron chi connectivity index (χ0n) is 17.6. The molecule has 2 heterocycles. The van der Waals surface area contributed by atoms with E-state index in [0.29, 0.717) is 44.8 Å². The highest BCUT2D eigenvalue weighted by Crippen LogP contribution is 2.28. The van der Waals surface area contributed by atoms with Crippen molar-refractivity contribution in [2.45, 2.75) is 39.7 Å². The van der Waals surface area contributed by atoms with Crippen molar-refractivity contribution >= 4 is 11.7 Å². The molecule has 0 bridgehead atoms. The fourth-order valence-corrected chi connectivity index (χ4v) is 3.56. The third kappa shape index (κ3) is 4.90. The zero-order valence-corrected chi connectivity index (χ0v) is 17.6. The van der Waals surface area contributed by atoms with Crippen LogP contribution < -0.4 is 4.90 Å². The molecule has 2 aromatic rings. The lowest BCUT2D eigenvalue weighted by atomic mass is 10.0. The third-order valence-electron chi connectivity index (χ3n) is 5.24. The maximum absolute atomic E-state index is 14.4. The number of carbonyl (C=O) groups excluding carboxylic acids is 1. The van der Waals surface area contributed by atoms with Crippen LogP contribution in [-0.4, -0.2) is 54.1 Å². The second-order valence-electron chi connectivity index (χ2n) is 7.68. The topological polar surface area (TPSA) is 58.6 Å². The quantitative estimate of drug-likeness (QED) is 0.746. The Morgan fingerprint density at radius 3 is 2.45 bits per heavy atom. The molecular formula is C22H29FN4O2. The number of rotatable bonds is 6. The largest absolute Gasteiger partial charge is 0.378 e. The fourth-order valence-electron chi connectivity index (χ4n) is 3.56. The molecule has 1 saturated heterocycles. The molecule has 0 aliphatic carbocycles. The molecule has 29 heavy (non-hydrogen) atoms. The van der Waals surface area contributed by atoms with E-state index < -0.39 is 0 Å². The highest BCUT2D eigenvalue weighted by molar-refractivity contribution is 5.73. The highest BCUT2D eigenvalue weighted by atomic mass is 19.1. The number of amides is 1. The van der Waals surface area contributed by atoms with E-state index in [1.54, 1.807) is 26.2 Å². The number of anilines is 1. The average Bonchev–Trinajstić information content (AvgIpc) is 2.70. The minimum Gasteiger partial charge on any atom is -0.378 e. The summed E-state index contributed by atoms with van der Waals surface area (Å²) in [5.74, 6) is 1.57. The van der Waals surface area contributed by atoms with Gasteiger partial charge in [0.05, 0.1) is 12.3 Å². The Bertz CT molecular complexity index is 864. The predicted octanol–water partition coefficient (Wildman–Crippen LogP) is 3.14. The summed E-state index contributed by atoms with van der Waals surface area (Å²) in [7, 11) is 1.63. The van der Waals surface area contributed by atoms with Crippen LogP contribution in [0, 0.1) is 5.82 Å². The van der Waals surface area contributed by atoms with Crippen molar-refractivity contribution in [3.8, 4) is 0 Å². The Morgan fingerprint density at radius 2 is 1.86 bits per heavy atom. The molecule has 3 rings (SSSR count). The van der Waals surface area contributed by atoms with Crippen molar-refractivity contribution in [2.75, 3.05) is 38.2 Å². The van der Waals surface area contributed by atoms with Crippen LogP contribution in [0.3, 0.4) is 0 Å². The van der Waals surface area contributed by atoms with Crippen molar-refractivity contribution in [1.82, 2.24) is 14.9 Å². The average molecular weight is 400 g/mol. The van der Waals surface area contributed by atoms with Crippen molar-refractivity contribution in [3.05, 3.63) is 52.7 Å². The van der Waals surface area contributed by atoms with E-state index in [0.717, 1.165) is 22.9 Å². The Balaban J connectivity index is 2.04. The molecule has 6 nitrogen and oxygen atoms in total. The standard InChI is InChI=1S/C22H29FN4O2/c1-15(2)21-24-20(14-29-4)18(13-17-7-5-6-8-19(17)23)22(25-21)27-11-9-26(10-12-27)16(3)28/h5-8,15H,9-14H2,1-4H3. The molecule has 0 unspecified atom stereocenters. The molecule has 0 saturated carbocycles. The van der Waals surface area contributed by atoms with Gasteiger partial charge in [-0.05, 0) is 11.6 Å². The molecule has 1 aromatic carbocycles. The predicted molar refractivity (Wildman–Crippen MR) is 111 cm³/mol. The van der Waals surface area contributed by atoms with Gasteiger partial charge in [0.1, 0.15) is 17.5 Å². The van der Waals surface area contributed by atoms with Crippen LogP contribution in [0.4, 0.5) is 10.2 Å². The number of hydrogen-bond donors (Lipinski definition) is 0. The van der Waals surface area contributed by atoms with Crippen molar-refractivity contribution in [2.24, 2.45) is 0 Å². The summed E-state index contributed by atoms with van der Waals surface area (Å²) in [6.07, 6.45) is 0.395. The number of hydrogen-bond acceptors (Lipinski definition) is 5. The van der Waals surface area contributed by atoms with Crippen LogP contribution >= 0.6 is 0 Å². The van der Waals surface area contributed by atoms with Gasteiger partial charge >= 0.3 is 0 Å². The van der Waals surface area contributed by atoms with Gasteiger partial charge in [-0.3, -0.25) is 4.79 Å². The lowest BCUT2D eigenvalue weighted by Crippen LogP contribution is -2.48. The lowest BCUT2D eigenvalue weighted by Gasteiger charge is -2.36. The number of piperazine rings is 1. The van der Waals surface area contributed by atoms with Gasteiger partial charge in [-0.15, -0.1) is 0 Å². The molecule has 0 spiro atoms. The van der Waals surface area contributed by atoms with Crippen LogP contribution in [0.1, 0.15) is 49.3 Å². The number of benzene rings is 1. The van der Waals surface area contributed by atoms with E-state index in [9.17, 15) is 9.18 Å². The Labute approximate surface area is 171 Å². The first-order chi connectivity index (χ1) is 13.9. The minimum absolute atomic E-state index is 0.0851. The van der Waals surface area contributed by atoms with E-state index in [-0.39, 0.29) is 17.6 Å². The number of methoxy groups -OCH3 is 1.